The van der Waals surface area contributed by atoms with Gasteiger partial charge in [0, 0.05) is 10.2 Å². The van der Waals surface area contributed by atoms with E-state index in [-0.39, 0.29) is 5.69 Å². The first-order valence-corrected chi connectivity index (χ1v) is 9.39. The zero-order valence-corrected chi connectivity index (χ0v) is 15.4. The predicted molar refractivity (Wildman–Crippen MR) is 92.5 cm³/mol. The molecule has 134 valence electrons. The Balaban J connectivity index is 2.01. The van der Waals surface area contributed by atoms with Gasteiger partial charge in [-0.3, -0.25) is 4.79 Å². The quantitative estimate of drug-likeness (QED) is 0.750. The van der Waals surface area contributed by atoms with Crippen molar-refractivity contribution in [1.29, 1.82) is 0 Å². The van der Waals surface area contributed by atoms with Crippen LogP contribution in [0.15, 0.2) is 57.9 Å². The first kappa shape index (κ1) is 19.3. The molecule has 0 saturated heterocycles. The van der Waals surface area contributed by atoms with E-state index in [1.165, 1.54) is 12.1 Å². The summed E-state index contributed by atoms with van der Waals surface area (Å²) in [4.78, 5) is 11.6. The summed E-state index contributed by atoms with van der Waals surface area (Å²) >= 11 is 3.29. The minimum Gasteiger partial charge on any atom is -0.481 e. The summed E-state index contributed by atoms with van der Waals surface area (Å²) in [7, 11) is -4.66. The van der Waals surface area contributed by atoms with Gasteiger partial charge in [-0.05, 0) is 55.5 Å². The monoisotopic (exact) mass is 433 g/mol. The lowest BCUT2D eigenvalue weighted by Crippen LogP contribution is -2.30. The zero-order valence-electron chi connectivity index (χ0n) is 12.9. The third-order valence-corrected chi connectivity index (χ3v) is 5.11. The lowest BCUT2D eigenvalue weighted by Gasteiger charge is -2.15. The molecule has 9 heteroatoms. The van der Waals surface area contributed by atoms with Crippen molar-refractivity contribution in [2.45, 2.75) is 23.7 Å². The summed E-state index contributed by atoms with van der Waals surface area (Å²) < 4.78 is 54.0. The summed E-state index contributed by atoms with van der Waals surface area (Å²) in [6, 6.07) is 11.4. The number of carbonyl (C=O) groups excluding carboxylic acids is 1. The second kappa shape index (κ2) is 7.92. The molecule has 0 spiro atoms. The second-order valence-electron chi connectivity index (χ2n) is 5.03. The third-order valence-electron chi connectivity index (χ3n) is 3.18. The van der Waals surface area contributed by atoms with Crippen molar-refractivity contribution in [1.82, 2.24) is 0 Å². The molecule has 0 heterocycles. The maximum atomic E-state index is 12.5. The Kier molecular flexibility index (Phi) is 6.12. The first-order valence-electron chi connectivity index (χ1n) is 7.05. The van der Waals surface area contributed by atoms with Gasteiger partial charge in [0.1, 0.15) is 5.75 Å². The fourth-order valence-corrected chi connectivity index (χ4v) is 2.83. The van der Waals surface area contributed by atoms with Crippen LogP contribution in [0, 0.1) is 0 Å². The van der Waals surface area contributed by atoms with Gasteiger partial charge in [0.05, 0.1) is 4.90 Å². The standard InChI is InChI=1S/C16H14BrF2NO4S/c1-10(24-13-6-2-11(17)3-7-13)15(21)20-12-4-8-14(9-5-12)25(22,23)16(18)19/h2-10,16H,1H3,(H,20,21)/t10-/m1/s1. The number of hydrogen-bond acceptors (Lipinski definition) is 4. The second-order valence-corrected chi connectivity index (χ2v) is 7.87. The summed E-state index contributed by atoms with van der Waals surface area (Å²) in [5, 5.41) is 2.53. The van der Waals surface area contributed by atoms with E-state index in [0.717, 1.165) is 16.6 Å². The number of benzene rings is 2. The van der Waals surface area contributed by atoms with Gasteiger partial charge in [-0.2, -0.15) is 8.78 Å². The Morgan fingerprint density at radius 2 is 1.64 bits per heavy atom. The van der Waals surface area contributed by atoms with Gasteiger partial charge >= 0.3 is 5.76 Å². The fraction of sp³-hybridized carbons (Fsp3) is 0.188. The average molecular weight is 434 g/mol. The molecule has 0 fully saturated rings. The van der Waals surface area contributed by atoms with Crippen LogP contribution in [0.3, 0.4) is 0 Å². The molecule has 1 N–H and O–H groups in total. The van der Waals surface area contributed by atoms with Crippen molar-refractivity contribution in [3.8, 4) is 5.75 Å². The van der Waals surface area contributed by atoms with Crippen LogP contribution in [-0.4, -0.2) is 26.2 Å². The number of nitrogens with one attached hydrogen (secondary N) is 1. The van der Waals surface area contributed by atoms with Gasteiger partial charge in [-0.1, -0.05) is 15.9 Å². The van der Waals surface area contributed by atoms with Gasteiger partial charge < -0.3 is 10.1 Å². The van der Waals surface area contributed by atoms with Crippen LogP contribution >= 0.6 is 15.9 Å². The first-order chi connectivity index (χ1) is 11.7. The topological polar surface area (TPSA) is 72.5 Å². The van der Waals surface area contributed by atoms with Crippen molar-refractivity contribution in [2.24, 2.45) is 0 Å². The van der Waals surface area contributed by atoms with Crippen LogP contribution < -0.4 is 10.1 Å². The number of anilines is 1. The molecule has 5 nitrogen and oxygen atoms in total. The number of amides is 1. The molecular weight excluding hydrogens is 420 g/mol. The number of alkyl halides is 2. The van der Waals surface area contributed by atoms with E-state index in [2.05, 4.69) is 21.2 Å². The fourth-order valence-electron chi connectivity index (χ4n) is 1.85. The maximum Gasteiger partial charge on any atom is 0.341 e. The molecule has 0 unspecified atom stereocenters. The maximum absolute atomic E-state index is 12.5. The van der Waals surface area contributed by atoms with E-state index in [1.54, 1.807) is 31.2 Å². The van der Waals surface area contributed by atoms with E-state index in [1.807, 2.05) is 0 Å². The summed E-state index contributed by atoms with van der Waals surface area (Å²) in [6.45, 7) is 1.55. The average Bonchev–Trinajstić information content (AvgIpc) is 2.57. The molecular formula is C16H14BrF2NO4S. The highest BCUT2D eigenvalue weighted by Gasteiger charge is 2.26. The van der Waals surface area contributed by atoms with Gasteiger partial charge in [0.25, 0.3) is 5.91 Å². The highest BCUT2D eigenvalue weighted by molar-refractivity contribution is 9.10. The van der Waals surface area contributed by atoms with Crippen LogP contribution in [0.1, 0.15) is 6.92 Å². The van der Waals surface area contributed by atoms with Crippen molar-refractivity contribution in [3.05, 3.63) is 53.0 Å². The normalized spacial score (nSPS) is 12.7. The smallest absolute Gasteiger partial charge is 0.341 e. The summed E-state index contributed by atoms with van der Waals surface area (Å²) in [6.07, 6.45) is -0.814. The molecule has 0 aliphatic carbocycles. The summed E-state index contributed by atoms with van der Waals surface area (Å²) in [5.74, 6) is -3.45. The Morgan fingerprint density at radius 3 is 2.16 bits per heavy atom. The van der Waals surface area contributed by atoms with E-state index in [4.69, 9.17) is 4.74 Å². The van der Waals surface area contributed by atoms with Gasteiger partial charge in [0.15, 0.2) is 6.10 Å². The number of rotatable bonds is 6. The molecule has 0 aromatic heterocycles. The molecule has 0 radical (unpaired) electrons. The van der Waals surface area contributed by atoms with Crippen LogP contribution in [0.25, 0.3) is 0 Å². The molecule has 0 aliphatic rings. The molecule has 0 saturated carbocycles. The van der Waals surface area contributed by atoms with Crippen LogP contribution in [-0.2, 0) is 14.6 Å². The van der Waals surface area contributed by atoms with Crippen LogP contribution in [0.4, 0.5) is 14.5 Å². The molecule has 0 bridgehead atoms. The SMILES string of the molecule is C[C@@H](Oc1ccc(Br)cc1)C(=O)Nc1ccc(S(=O)(=O)C(F)F)cc1. The molecule has 1 amide bonds. The molecule has 0 aliphatic heterocycles. The van der Waals surface area contributed by atoms with Crippen molar-refractivity contribution >= 4 is 37.4 Å². The number of sulfone groups is 1. The molecule has 2 aromatic rings. The molecule has 2 rings (SSSR count). The largest absolute Gasteiger partial charge is 0.481 e. The van der Waals surface area contributed by atoms with Crippen LogP contribution in [0.2, 0.25) is 0 Å². The Labute approximate surface area is 152 Å². The predicted octanol–water partition coefficient (Wildman–Crippen LogP) is 3.85. The van der Waals surface area contributed by atoms with Gasteiger partial charge in [-0.15, -0.1) is 0 Å². The van der Waals surface area contributed by atoms with E-state index in [0.29, 0.717) is 5.75 Å². The number of halogens is 3. The summed E-state index contributed by atoms with van der Waals surface area (Å²) in [5.41, 5.74) is 0.268. The molecule has 2 aromatic carbocycles. The van der Waals surface area contributed by atoms with Crippen molar-refractivity contribution in [3.63, 3.8) is 0 Å². The van der Waals surface area contributed by atoms with Crippen molar-refractivity contribution < 1.29 is 26.7 Å². The zero-order chi connectivity index (χ0) is 18.6. The molecule has 25 heavy (non-hydrogen) atoms. The Hall–Kier alpha value is -2.00. The highest BCUT2D eigenvalue weighted by atomic mass is 79.9. The number of ether oxygens (including phenoxy) is 1. The highest BCUT2D eigenvalue weighted by Crippen LogP contribution is 2.21. The van der Waals surface area contributed by atoms with E-state index >= 15 is 0 Å². The number of hydrogen-bond donors (Lipinski definition) is 1. The van der Waals surface area contributed by atoms with Gasteiger partial charge in [-0.25, -0.2) is 8.42 Å². The van der Waals surface area contributed by atoms with E-state index < -0.39 is 32.5 Å². The lowest BCUT2D eigenvalue weighted by molar-refractivity contribution is -0.122. The van der Waals surface area contributed by atoms with Crippen LogP contribution in [0.5, 0.6) is 5.75 Å². The Bertz CT molecular complexity index is 839. The Morgan fingerprint density at radius 1 is 1.08 bits per heavy atom. The van der Waals surface area contributed by atoms with E-state index in [9.17, 15) is 22.0 Å². The third kappa shape index (κ3) is 4.99. The van der Waals surface area contributed by atoms with Gasteiger partial charge in [0.2, 0.25) is 9.84 Å². The van der Waals surface area contributed by atoms with Crippen molar-refractivity contribution in [2.75, 3.05) is 5.32 Å². The minimum absolute atomic E-state index is 0.268. The lowest BCUT2D eigenvalue weighted by atomic mass is 10.3. The number of carbonyl (C=O) groups is 1. The molecule has 1 atom stereocenters. The minimum atomic E-state index is -4.66.